The van der Waals surface area contributed by atoms with E-state index in [0.29, 0.717) is 55.0 Å². The van der Waals surface area contributed by atoms with Crippen LogP contribution in [0, 0.1) is 6.92 Å². The molecule has 0 saturated carbocycles. The number of rotatable bonds is 18. The fraction of sp³-hybridized carbons (Fsp3) is 0.311. The van der Waals surface area contributed by atoms with Crippen molar-refractivity contribution in [2.45, 2.75) is 50.7 Å². The summed E-state index contributed by atoms with van der Waals surface area (Å²) in [7, 11) is -3.67. The zero-order valence-corrected chi connectivity index (χ0v) is 37.8. The van der Waals surface area contributed by atoms with Crippen LogP contribution in [0.1, 0.15) is 40.7 Å². The van der Waals surface area contributed by atoms with Crippen LogP contribution in [0.2, 0.25) is 0 Å². The van der Waals surface area contributed by atoms with Gasteiger partial charge in [0.2, 0.25) is 0 Å². The molecule has 5 aromatic heterocycles. The number of benzene rings is 3. The molecular weight excluding hydrogens is 861 g/mol. The molecule has 0 aliphatic carbocycles. The van der Waals surface area contributed by atoms with E-state index in [9.17, 15) is 13.2 Å². The Balaban J connectivity index is 0.685. The molecule has 8 aromatic rings. The standard InChI is InChI=1S/C45H48N8O5S4/c1-3-52-39-12-7-31(23-36(39)35-10-8-32(24-40(35)52)41-22-30(2)29-60-41)27-46-13-17-57-19-20-58-18-16-51-14-5-15-53-34(28-51)26-38(49-53)44(54)48-45-47-37-11-9-33(25-42(37)61-45)50-62(55,56)43-6-4-21-59-43/h4,6-12,21-26,29,46,50H,3,5,13-20,27-28H2,1-2H3,(H,47,48,54). The quantitative estimate of drug-likeness (QED) is 0.0720. The molecule has 322 valence electrons. The molecule has 0 bridgehead atoms. The first-order chi connectivity index (χ1) is 30.2. The van der Waals surface area contributed by atoms with Crippen LogP contribution in [0.4, 0.5) is 10.8 Å². The van der Waals surface area contributed by atoms with Crippen molar-refractivity contribution in [2.24, 2.45) is 0 Å². The molecule has 0 spiro atoms. The maximum absolute atomic E-state index is 13.3. The Kier molecular flexibility index (Phi) is 12.8. The van der Waals surface area contributed by atoms with Gasteiger partial charge in [0.15, 0.2) is 10.8 Å². The van der Waals surface area contributed by atoms with Gasteiger partial charge in [0.1, 0.15) is 4.21 Å². The molecule has 3 N–H and O–H groups in total. The number of thiophene rings is 2. The maximum atomic E-state index is 13.3. The SMILES string of the molecule is CCn1c2ccc(CNCCOCCOCCN3CCCn4nc(C(=O)Nc5nc6ccc(NS(=O)(=O)c7cccs7)cc6s5)cc4C3)cc2c2ccc(-c3cc(C)cs3)cc21. The second-order valence-electron chi connectivity index (χ2n) is 15.3. The number of carbonyl (C=O) groups is 1. The summed E-state index contributed by atoms with van der Waals surface area (Å²) >= 11 is 4.22. The molecule has 1 aliphatic heterocycles. The number of hydrogen-bond acceptors (Lipinski definition) is 12. The lowest BCUT2D eigenvalue weighted by Gasteiger charge is -2.19. The minimum Gasteiger partial charge on any atom is -0.378 e. The Morgan fingerprint density at radius 3 is 2.61 bits per heavy atom. The Bertz CT molecular complexity index is 2950. The fourth-order valence-corrected chi connectivity index (χ4v) is 11.7. The van der Waals surface area contributed by atoms with E-state index >= 15 is 0 Å². The van der Waals surface area contributed by atoms with Gasteiger partial charge in [0.05, 0.1) is 48.0 Å². The van der Waals surface area contributed by atoms with Crippen molar-refractivity contribution in [1.82, 2.24) is 29.5 Å². The number of nitrogens with one attached hydrogen (secondary N) is 3. The number of aryl methyl sites for hydroxylation is 3. The number of anilines is 2. The molecule has 0 saturated heterocycles. The molecule has 1 amide bonds. The number of amides is 1. The summed E-state index contributed by atoms with van der Waals surface area (Å²) in [5.74, 6) is -0.343. The van der Waals surface area contributed by atoms with Crippen molar-refractivity contribution in [3.05, 3.63) is 112 Å². The summed E-state index contributed by atoms with van der Waals surface area (Å²) in [5.41, 5.74) is 8.77. The van der Waals surface area contributed by atoms with Crippen LogP contribution in [0.3, 0.4) is 0 Å². The molecule has 13 nitrogen and oxygen atoms in total. The highest BCUT2D eigenvalue weighted by Gasteiger charge is 2.21. The lowest BCUT2D eigenvalue weighted by atomic mass is 10.1. The van der Waals surface area contributed by atoms with Gasteiger partial charge >= 0.3 is 0 Å². The first-order valence-corrected chi connectivity index (χ1v) is 24.8. The maximum Gasteiger partial charge on any atom is 0.277 e. The average Bonchev–Trinajstić information content (AvgIpc) is 4.11. The van der Waals surface area contributed by atoms with Crippen LogP contribution in [-0.4, -0.2) is 84.6 Å². The smallest absolute Gasteiger partial charge is 0.277 e. The third kappa shape index (κ3) is 9.50. The molecule has 6 heterocycles. The van der Waals surface area contributed by atoms with Crippen LogP contribution in [-0.2, 0) is 45.7 Å². The number of ether oxygens (including phenoxy) is 2. The summed E-state index contributed by atoms with van der Waals surface area (Å²) < 4.78 is 45.1. The van der Waals surface area contributed by atoms with E-state index < -0.39 is 10.0 Å². The normalized spacial score (nSPS) is 13.6. The van der Waals surface area contributed by atoms with Gasteiger partial charge in [-0.05, 0) is 102 Å². The number of sulfonamides is 1. The van der Waals surface area contributed by atoms with E-state index in [1.54, 1.807) is 47.0 Å². The van der Waals surface area contributed by atoms with Crippen molar-refractivity contribution < 1.29 is 22.7 Å². The Labute approximate surface area is 372 Å². The number of nitrogens with zero attached hydrogens (tertiary/aromatic N) is 5. The van der Waals surface area contributed by atoms with Crippen molar-refractivity contribution in [3.8, 4) is 10.4 Å². The first kappa shape index (κ1) is 42.3. The van der Waals surface area contributed by atoms with Crippen LogP contribution >= 0.6 is 34.0 Å². The Morgan fingerprint density at radius 2 is 1.79 bits per heavy atom. The summed E-state index contributed by atoms with van der Waals surface area (Å²) in [4.78, 5) is 21.4. The monoisotopic (exact) mass is 908 g/mol. The second kappa shape index (κ2) is 18.8. The van der Waals surface area contributed by atoms with E-state index in [1.807, 2.05) is 10.7 Å². The van der Waals surface area contributed by atoms with E-state index in [0.717, 1.165) is 67.4 Å². The third-order valence-electron chi connectivity index (χ3n) is 10.9. The number of thiazole rings is 1. The van der Waals surface area contributed by atoms with Crippen molar-refractivity contribution in [1.29, 1.82) is 0 Å². The molecule has 17 heteroatoms. The minimum absolute atomic E-state index is 0.239. The van der Waals surface area contributed by atoms with Gasteiger partial charge in [0, 0.05) is 72.5 Å². The highest BCUT2D eigenvalue weighted by Crippen LogP contribution is 2.35. The predicted molar refractivity (Wildman–Crippen MR) is 251 cm³/mol. The highest BCUT2D eigenvalue weighted by molar-refractivity contribution is 7.94. The second-order valence-corrected chi connectivity index (χ2v) is 20.1. The first-order valence-electron chi connectivity index (χ1n) is 20.7. The van der Waals surface area contributed by atoms with Gasteiger partial charge in [-0.2, -0.15) is 5.10 Å². The summed E-state index contributed by atoms with van der Waals surface area (Å²) in [5, 5.41) is 17.9. The van der Waals surface area contributed by atoms with E-state index in [1.165, 1.54) is 54.7 Å². The molecule has 9 rings (SSSR count). The summed E-state index contributed by atoms with van der Waals surface area (Å²) in [6, 6.07) is 26.1. The van der Waals surface area contributed by atoms with Crippen LogP contribution < -0.4 is 15.4 Å². The largest absolute Gasteiger partial charge is 0.378 e. The van der Waals surface area contributed by atoms with Gasteiger partial charge < -0.3 is 19.4 Å². The number of fused-ring (bicyclic) bond motifs is 5. The van der Waals surface area contributed by atoms with E-state index in [-0.39, 0.29) is 10.1 Å². The molecule has 0 unspecified atom stereocenters. The molecule has 0 fully saturated rings. The van der Waals surface area contributed by atoms with Crippen molar-refractivity contribution in [3.63, 3.8) is 0 Å². The van der Waals surface area contributed by atoms with Gasteiger partial charge in [-0.15, -0.1) is 22.7 Å². The third-order valence-corrected chi connectivity index (χ3v) is 15.7. The van der Waals surface area contributed by atoms with Crippen molar-refractivity contribution in [2.75, 3.05) is 56.1 Å². The lowest BCUT2D eigenvalue weighted by molar-refractivity contribution is 0.0388. The summed E-state index contributed by atoms with van der Waals surface area (Å²) in [6.07, 6.45) is 0.912. The zero-order valence-electron chi connectivity index (χ0n) is 34.6. The fourth-order valence-electron chi connectivity index (χ4n) is 7.88. The molecule has 0 radical (unpaired) electrons. The van der Waals surface area contributed by atoms with Crippen LogP contribution in [0.15, 0.2) is 93.8 Å². The van der Waals surface area contributed by atoms with E-state index in [2.05, 4.69) is 96.6 Å². The number of carbonyl (C=O) groups excluding carboxylic acids is 1. The topological polar surface area (TPSA) is 145 Å². The van der Waals surface area contributed by atoms with Crippen LogP contribution in [0.25, 0.3) is 42.5 Å². The van der Waals surface area contributed by atoms with Crippen LogP contribution in [0.5, 0.6) is 0 Å². The van der Waals surface area contributed by atoms with Gasteiger partial charge in [-0.1, -0.05) is 35.6 Å². The molecule has 62 heavy (non-hydrogen) atoms. The molecular formula is C45H48N8O5S4. The molecule has 0 atom stereocenters. The predicted octanol–water partition coefficient (Wildman–Crippen LogP) is 8.80. The minimum atomic E-state index is -3.67. The highest BCUT2D eigenvalue weighted by atomic mass is 32.2. The Morgan fingerprint density at radius 1 is 0.903 bits per heavy atom. The van der Waals surface area contributed by atoms with Crippen molar-refractivity contribution >= 4 is 92.8 Å². The van der Waals surface area contributed by atoms with E-state index in [4.69, 9.17) is 9.47 Å². The summed E-state index contributed by atoms with van der Waals surface area (Å²) in [6.45, 7) is 12.1. The Hall–Kier alpha value is -4.98. The van der Waals surface area contributed by atoms with Gasteiger partial charge in [-0.3, -0.25) is 24.4 Å². The average molecular weight is 909 g/mol. The molecule has 1 aliphatic rings. The van der Waals surface area contributed by atoms with Gasteiger partial charge in [-0.25, -0.2) is 13.4 Å². The number of aromatic nitrogens is 4. The van der Waals surface area contributed by atoms with Gasteiger partial charge in [0.25, 0.3) is 15.9 Å². The lowest BCUT2D eigenvalue weighted by Crippen LogP contribution is -2.28. The zero-order chi connectivity index (χ0) is 42.6. The molecule has 3 aromatic carbocycles. The number of hydrogen-bond donors (Lipinski definition) is 3.